The number of thioether (sulfide) groups is 1. The van der Waals surface area contributed by atoms with Crippen LogP contribution in [-0.2, 0) is 20.9 Å². The molecule has 3 aromatic carbocycles. The first-order chi connectivity index (χ1) is 20.0. The van der Waals surface area contributed by atoms with Crippen LogP contribution in [0, 0.1) is 0 Å². The molecule has 0 aromatic heterocycles. The van der Waals surface area contributed by atoms with Crippen molar-refractivity contribution in [2.45, 2.75) is 44.2 Å². The topological polar surface area (TPSA) is 114 Å². The van der Waals surface area contributed by atoms with Crippen molar-refractivity contribution in [3.63, 3.8) is 0 Å². The summed E-state index contributed by atoms with van der Waals surface area (Å²) in [5, 5.41) is 14.6. The molecule has 8 nitrogen and oxygen atoms in total. The van der Waals surface area contributed by atoms with Crippen LogP contribution in [-0.4, -0.2) is 54.0 Å². The molecule has 41 heavy (non-hydrogen) atoms. The van der Waals surface area contributed by atoms with E-state index in [9.17, 15) is 14.4 Å². The lowest BCUT2D eigenvalue weighted by molar-refractivity contribution is -0.137. The van der Waals surface area contributed by atoms with Crippen molar-refractivity contribution in [3.05, 3.63) is 95.6 Å². The van der Waals surface area contributed by atoms with E-state index in [4.69, 9.17) is 14.6 Å². The van der Waals surface area contributed by atoms with Crippen LogP contribution in [0.1, 0.15) is 48.3 Å². The number of nitrogens with one attached hydrogen (secondary N) is 2. The van der Waals surface area contributed by atoms with Crippen molar-refractivity contribution < 1.29 is 29.0 Å². The largest absolute Gasteiger partial charge is 0.481 e. The zero-order chi connectivity index (χ0) is 28.9. The second-order valence-electron chi connectivity index (χ2n) is 9.87. The average molecular weight is 577 g/mol. The highest BCUT2D eigenvalue weighted by Gasteiger charge is 2.29. The van der Waals surface area contributed by atoms with Gasteiger partial charge in [0.2, 0.25) is 0 Å². The zero-order valence-corrected chi connectivity index (χ0v) is 23.7. The van der Waals surface area contributed by atoms with Crippen LogP contribution in [0.4, 0.5) is 9.59 Å². The molecule has 0 bridgehead atoms. The normalized spacial score (nSPS) is 12.6. The minimum Gasteiger partial charge on any atom is -0.481 e. The van der Waals surface area contributed by atoms with E-state index >= 15 is 0 Å². The fraction of sp³-hybridized carbons (Fsp3) is 0.344. The van der Waals surface area contributed by atoms with Gasteiger partial charge in [-0.3, -0.25) is 4.79 Å². The Morgan fingerprint density at radius 1 is 0.829 bits per heavy atom. The summed E-state index contributed by atoms with van der Waals surface area (Å²) >= 11 is 1.59. The summed E-state index contributed by atoms with van der Waals surface area (Å²) in [5.74, 6) is 0.453. The summed E-state index contributed by atoms with van der Waals surface area (Å²) in [5.41, 5.74) is 5.55. The Balaban J connectivity index is 1.24. The lowest BCUT2D eigenvalue weighted by atomic mass is 9.98. The Kier molecular flexibility index (Phi) is 11.5. The predicted octanol–water partition coefficient (Wildman–Crippen LogP) is 6.20. The standard InChI is InChI=1S/C32H36N2O6S/c35-30(36)17-9-19-41-22-24(12-8-18-33-31(37)39-20-23-10-2-1-3-11-23)34-32(38)40-21-29-27-15-6-4-13-25(27)26-14-5-7-16-28(26)29/h1-7,10-11,13-16,24,29H,8-9,12,17-22H2,(H,33,37)(H,34,38)(H,35,36). The molecule has 216 valence electrons. The van der Waals surface area contributed by atoms with Gasteiger partial charge >= 0.3 is 18.2 Å². The number of fused-ring (bicyclic) bond motifs is 3. The SMILES string of the molecule is O=C(O)CCCSCC(CCCNC(=O)OCc1ccccc1)NC(=O)OCC1c2ccccc2-c2ccccc21. The number of carbonyl (C=O) groups excluding carboxylic acids is 2. The van der Waals surface area contributed by atoms with Gasteiger partial charge in [-0.2, -0.15) is 11.8 Å². The Morgan fingerprint density at radius 3 is 2.17 bits per heavy atom. The fourth-order valence-corrected chi connectivity index (χ4v) is 5.92. The molecule has 0 saturated carbocycles. The van der Waals surface area contributed by atoms with Crippen LogP contribution >= 0.6 is 11.8 Å². The maximum Gasteiger partial charge on any atom is 0.407 e. The molecule has 1 atom stereocenters. The van der Waals surface area contributed by atoms with Crippen molar-refractivity contribution in [2.75, 3.05) is 24.7 Å². The molecular formula is C32H36N2O6S. The van der Waals surface area contributed by atoms with E-state index in [1.807, 2.05) is 54.6 Å². The molecule has 1 aliphatic carbocycles. The average Bonchev–Trinajstić information content (AvgIpc) is 3.30. The van der Waals surface area contributed by atoms with Gasteiger partial charge in [0.1, 0.15) is 13.2 Å². The highest BCUT2D eigenvalue weighted by molar-refractivity contribution is 7.99. The molecule has 0 fully saturated rings. The number of carboxylic acid groups (broad SMARTS) is 1. The van der Waals surface area contributed by atoms with E-state index in [0.717, 1.165) is 16.7 Å². The second-order valence-corrected chi connectivity index (χ2v) is 11.0. The molecule has 1 unspecified atom stereocenters. The first kappa shape index (κ1) is 30.0. The molecule has 1 aliphatic rings. The number of aliphatic carboxylic acids is 1. The third kappa shape index (κ3) is 9.28. The lowest BCUT2D eigenvalue weighted by Crippen LogP contribution is -2.38. The van der Waals surface area contributed by atoms with Gasteiger partial charge in [0, 0.05) is 30.7 Å². The van der Waals surface area contributed by atoms with Crippen LogP contribution in [0.25, 0.3) is 11.1 Å². The number of carbonyl (C=O) groups is 3. The highest BCUT2D eigenvalue weighted by Crippen LogP contribution is 2.44. The number of rotatable bonds is 15. The number of carboxylic acids is 1. The van der Waals surface area contributed by atoms with Crippen molar-refractivity contribution in [1.82, 2.24) is 10.6 Å². The number of benzene rings is 3. The summed E-state index contributed by atoms with van der Waals surface area (Å²) in [6, 6.07) is 25.7. The maximum absolute atomic E-state index is 12.9. The first-order valence-corrected chi connectivity index (χ1v) is 15.0. The molecule has 0 radical (unpaired) electrons. The van der Waals surface area contributed by atoms with Gasteiger partial charge in [-0.25, -0.2) is 9.59 Å². The van der Waals surface area contributed by atoms with E-state index in [0.29, 0.717) is 37.3 Å². The van der Waals surface area contributed by atoms with E-state index in [1.165, 1.54) is 11.1 Å². The van der Waals surface area contributed by atoms with Crippen LogP contribution in [0.3, 0.4) is 0 Å². The minimum atomic E-state index is -0.816. The van der Waals surface area contributed by atoms with E-state index in [-0.39, 0.29) is 31.6 Å². The number of hydrogen-bond acceptors (Lipinski definition) is 6. The zero-order valence-electron chi connectivity index (χ0n) is 22.9. The van der Waals surface area contributed by atoms with Crippen molar-refractivity contribution in [1.29, 1.82) is 0 Å². The highest BCUT2D eigenvalue weighted by atomic mass is 32.2. The van der Waals surface area contributed by atoms with Gasteiger partial charge in [0.05, 0.1) is 0 Å². The smallest absolute Gasteiger partial charge is 0.407 e. The third-order valence-corrected chi connectivity index (χ3v) is 8.09. The van der Waals surface area contributed by atoms with E-state index in [2.05, 4.69) is 34.9 Å². The summed E-state index contributed by atoms with van der Waals surface area (Å²) in [7, 11) is 0. The Labute approximate surface area is 244 Å². The molecule has 0 aliphatic heterocycles. The van der Waals surface area contributed by atoms with Crippen LogP contribution in [0.2, 0.25) is 0 Å². The molecule has 3 aromatic rings. The van der Waals surface area contributed by atoms with E-state index in [1.54, 1.807) is 11.8 Å². The summed E-state index contributed by atoms with van der Waals surface area (Å²) in [4.78, 5) is 35.7. The molecule has 3 N–H and O–H groups in total. The molecule has 0 saturated heterocycles. The van der Waals surface area contributed by atoms with Gasteiger partial charge in [-0.05, 0) is 52.8 Å². The summed E-state index contributed by atoms with van der Waals surface area (Å²) in [6.45, 7) is 0.832. The number of ether oxygens (including phenoxy) is 2. The first-order valence-electron chi connectivity index (χ1n) is 13.9. The Morgan fingerprint density at radius 2 is 1.49 bits per heavy atom. The van der Waals surface area contributed by atoms with Gasteiger partial charge in [-0.15, -0.1) is 0 Å². The van der Waals surface area contributed by atoms with Gasteiger partial charge in [0.15, 0.2) is 0 Å². The molecule has 0 heterocycles. The van der Waals surface area contributed by atoms with Crippen LogP contribution in [0.15, 0.2) is 78.9 Å². The predicted molar refractivity (Wildman–Crippen MR) is 160 cm³/mol. The number of alkyl carbamates (subject to hydrolysis) is 2. The monoisotopic (exact) mass is 576 g/mol. The molecule has 9 heteroatoms. The van der Waals surface area contributed by atoms with Crippen molar-refractivity contribution >= 4 is 29.9 Å². The number of amides is 2. The van der Waals surface area contributed by atoms with E-state index < -0.39 is 18.2 Å². The van der Waals surface area contributed by atoms with Crippen LogP contribution < -0.4 is 10.6 Å². The van der Waals surface area contributed by atoms with Crippen molar-refractivity contribution in [3.8, 4) is 11.1 Å². The molecular weight excluding hydrogens is 540 g/mol. The minimum absolute atomic E-state index is 0.0249. The second kappa shape index (κ2) is 15.7. The van der Waals surface area contributed by atoms with Crippen LogP contribution in [0.5, 0.6) is 0 Å². The molecule has 4 rings (SSSR count). The van der Waals surface area contributed by atoms with Gasteiger partial charge < -0.3 is 25.2 Å². The summed E-state index contributed by atoms with van der Waals surface area (Å²) in [6.07, 6.45) is 0.953. The third-order valence-electron chi connectivity index (χ3n) is 6.88. The maximum atomic E-state index is 12.9. The van der Waals surface area contributed by atoms with Gasteiger partial charge in [-0.1, -0.05) is 78.9 Å². The number of hydrogen-bond donors (Lipinski definition) is 3. The Hall–Kier alpha value is -3.98. The van der Waals surface area contributed by atoms with Crippen molar-refractivity contribution in [2.24, 2.45) is 0 Å². The van der Waals surface area contributed by atoms with Gasteiger partial charge in [0.25, 0.3) is 0 Å². The molecule has 0 spiro atoms. The molecule has 2 amide bonds. The lowest BCUT2D eigenvalue weighted by Gasteiger charge is -2.20. The quantitative estimate of drug-likeness (QED) is 0.185. The summed E-state index contributed by atoms with van der Waals surface area (Å²) < 4.78 is 11.0. The fourth-order valence-electron chi connectivity index (χ4n) is 4.87. The Bertz CT molecular complexity index is 1260.